The van der Waals surface area contributed by atoms with Crippen molar-refractivity contribution < 1.29 is 14.9 Å². The van der Waals surface area contributed by atoms with Crippen LogP contribution in [0.25, 0.3) is 0 Å². The number of aliphatic hydroxyl groups is 2. The monoisotopic (exact) mass is 336 g/mol. The summed E-state index contributed by atoms with van der Waals surface area (Å²) in [5.74, 6) is 1.69. The van der Waals surface area contributed by atoms with Gasteiger partial charge in [-0.3, -0.25) is 0 Å². The number of anilines is 2. The molecule has 3 N–H and O–H groups in total. The minimum atomic E-state index is 0.00895. The SMILES string of the molecule is CN(CC1(CO)CCC1)c1cc([C@H]2CCOC2)nc(NCCO)n1. The highest BCUT2D eigenvalue weighted by Crippen LogP contribution is 2.41. The Kier molecular flexibility index (Phi) is 5.53. The Bertz CT molecular complexity index is 539. The summed E-state index contributed by atoms with van der Waals surface area (Å²) < 4.78 is 5.49. The van der Waals surface area contributed by atoms with Crippen molar-refractivity contribution in [2.24, 2.45) is 5.41 Å². The van der Waals surface area contributed by atoms with Gasteiger partial charge >= 0.3 is 0 Å². The molecule has 2 aliphatic rings. The van der Waals surface area contributed by atoms with E-state index in [9.17, 15) is 5.11 Å². The second kappa shape index (κ2) is 7.63. The largest absolute Gasteiger partial charge is 0.396 e. The predicted octanol–water partition coefficient (Wildman–Crippen LogP) is 0.983. The molecule has 1 aliphatic heterocycles. The van der Waals surface area contributed by atoms with Crippen molar-refractivity contribution >= 4 is 11.8 Å². The maximum atomic E-state index is 9.71. The van der Waals surface area contributed by atoms with Crippen LogP contribution in [0.5, 0.6) is 0 Å². The Labute approximate surface area is 143 Å². The zero-order valence-electron chi connectivity index (χ0n) is 14.4. The Balaban J connectivity index is 1.80. The van der Waals surface area contributed by atoms with E-state index in [0.717, 1.165) is 43.9 Å². The second-order valence-electron chi connectivity index (χ2n) is 7.05. The molecule has 7 heteroatoms. The fourth-order valence-electron chi connectivity index (χ4n) is 3.50. The summed E-state index contributed by atoms with van der Waals surface area (Å²) in [5.41, 5.74) is 0.992. The Hall–Kier alpha value is -1.44. The first-order valence-electron chi connectivity index (χ1n) is 8.79. The number of hydrogen-bond donors (Lipinski definition) is 3. The molecule has 1 saturated carbocycles. The van der Waals surface area contributed by atoms with Crippen LogP contribution in [0.2, 0.25) is 0 Å². The lowest BCUT2D eigenvalue weighted by Gasteiger charge is -2.43. The minimum Gasteiger partial charge on any atom is -0.396 e. The van der Waals surface area contributed by atoms with E-state index in [-0.39, 0.29) is 18.6 Å². The number of hydrogen-bond acceptors (Lipinski definition) is 7. The van der Waals surface area contributed by atoms with Gasteiger partial charge in [0.1, 0.15) is 5.82 Å². The summed E-state index contributed by atoms with van der Waals surface area (Å²) >= 11 is 0. The van der Waals surface area contributed by atoms with Crippen molar-refractivity contribution in [1.82, 2.24) is 9.97 Å². The quantitative estimate of drug-likeness (QED) is 0.652. The molecule has 7 nitrogen and oxygen atoms in total. The fraction of sp³-hybridized carbons (Fsp3) is 0.765. The lowest BCUT2D eigenvalue weighted by molar-refractivity contribution is 0.0523. The van der Waals surface area contributed by atoms with Crippen molar-refractivity contribution in [2.75, 3.05) is 56.8 Å². The molecule has 2 heterocycles. The molecule has 0 bridgehead atoms. The third kappa shape index (κ3) is 3.79. The van der Waals surface area contributed by atoms with Gasteiger partial charge < -0.3 is 25.2 Å². The number of aromatic nitrogens is 2. The van der Waals surface area contributed by atoms with E-state index < -0.39 is 0 Å². The average molecular weight is 336 g/mol. The lowest BCUT2D eigenvalue weighted by Crippen LogP contribution is -2.44. The Morgan fingerprint density at radius 1 is 1.38 bits per heavy atom. The van der Waals surface area contributed by atoms with Crippen molar-refractivity contribution in [3.63, 3.8) is 0 Å². The van der Waals surface area contributed by atoms with Gasteiger partial charge in [-0.25, -0.2) is 4.98 Å². The van der Waals surface area contributed by atoms with Crippen LogP contribution in [-0.4, -0.2) is 66.7 Å². The average Bonchev–Trinajstić information content (AvgIpc) is 3.10. The van der Waals surface area contributed by atoms with Gasteiger partial charge in [0.2, 0.25) is 5.95 Å². The molecule has 0 amide bonds. The number of ether oxygens (including phenoxy) is 1. The number of aliphatic hydroxyl groups excluding tert-OH is 2. The summed E-state index contributed by atoms with van der Waals surface area (Å²) in [4.78, 5) is 11.3. The first kappa shape index (κ1) is 17.4. The molecule has 1 aromatic heterocycles. The zero-order valence-corrected chi connectivity index (χ0v) is 14.4. The van der Waals surface area contributed by atoms with Crippen LogP contribution in [0.1, 0.15) is 37.3 Å². The standard InChI is InChI=1S/C17H28N4O3/c1-21(11-17(12-23)4-2-5-17)15-9-14(13-3-8-24-10-13)19-16(20-15)18-6-7-22/h9,13,22-23H,2-8,10-12H2,1H3,(H,18,19,20)/t13-/m0/s1. The Morgan fingerprint density at radius 2 is 2.21 bits per heavy atom. The highest BCUT2D eigenvalue weighted by atomic mass is 16.5. The van der Waals surface area contributed by atoms with Crippen molar-refractivity contribution in [2.45, 2.75) is 31.6 Å². The van der Waals surface area contributed by atoms with Crippen LogP contribution in [0.4, 0.5) is 11.8 Å². The number of rotatable bonds is 8. The summed E-state index contributed by atoms with van der Waals surface area (Å²) in [5, 5.41) is 21.8. The van der Waals surface area contributed by atoms with Gasteiger partial charge in [-0.05, 0) is 19.3 Å². The third-order valence-corrected chi connectivity index (χ3v) is 5.19. The second-order valence-corrected chi connectivity index (χ2v) is 7.05. The van der Waals surface area contributed by atoms with E-state index in [1.165, 1.54) is 6.42 Å². The summed E-state index contributed by atoms with van der Waals surface area (Å²) in [6.07, 6.45) is 4.29. The summed E-state index contributed by atoms with van der Waals surface area (Å²) in [7, 11) is 2.02. The van der Waals surface area contributed by atoms with Gasteiger partial charge in [-0.15, -0.1) is 0 Å². The van der Waals surface area contributed by atoms with Gasteiger partial charge in [-0.2, -0.15) is 4.98 Å². The highest BCUT2D eigenvalue weighted by Gasteiger charge is 2.37. The molecule has 2 fully saturated rings. The fourth-order valence-corrected chi connectivity index (χ4v) is 3.50. The smallest absolute Gasteiger partial charge is 0.224 e. The van der Waals surface area contributed by atoms with Gasteiger partial charge in [0.15, 0.2) is 0 Å². The molecule has 134 valence electrons. The molecule has 1 saturated heterocycles. The van der Waals surface area contributed by atoms with Crippen molar-refractivity contribution in [1.29, 1.82) is 0 Å². The highest BCUT2D eigenvalue weighted by molar-refractivity contribution is 5.45. The zero-order chi connectivity index (χ0) is 17.0. The normalized spacial score (nSPS) is 22.2. The number of nitrogens with zero attached hydrogens (tertiary/aromatic N) is 3. The molecule has 3 rings (SSSR count). The van der Waals surface area contributed by atoms with Crippen LogP contribution < -0.4 is 10.2 Å². The van der Waals surface area contributed by atoms with Crippen LogP contribution in [0.15, 0.2) is 6.07 Å². The van der Waals surface area contributed by atoms with E-state index in [1.54, 1.807) is 0 Å². The van der Waals surface area contributed by atoms with Gasteiger partial charge in [0.05, 0.1) is 25.5 Å². The van der Waals surface area contributed by atoms with E-state index >= 15 is 0 Å². The predicted molar refractivity (Wildman–Crippen MR) is 92.4 cm³/mol. The van der Waals surface area contributed by atoms with E-state index in [1.807, 2.05) is 13.1 Å². The summed E-state index contributed by atoms with van der Waals surface area (Å²) in [6.45, 7) is 2.95. The molecule has 0 aromatic carbocycles. The van der Waals surface area contributed by atoms with Gasteiger partial charge in [0, 0.05) is 44.1 Å². The molecule has 0 spiro atoms. The van der Waals surface area contributed by atoms with Crippen LogP contribution in [0, 0.1) is 5.41 Å². The van der Waals surface area contributed by atoms with Crippen molar-refractivity contribution in [3.8, 4) is 0 Å². The topological polar surface area (TPSA) is 90.7 Å². The maximum absolute atomic E-state index is 9.71. The molecular formula is C17H28N4O3. The molecule has 0 unspecified atom stereocenters. The van der Waals surface area contributed by atoms with Gasteiger partial charge in [-0.1, -0.05) is 6.42 Å². The molecule has 1 aromatic rings. The molecule has 24 heavy (non-hydrogen) atoms. The summed E-state index contributed by atoms with van der Waals surface area (Å²) in [6, 6.07) is 2.03. The number of nitrogens with one attached hydrogen (secondary N) is 1. The van der Waals surface area contributed by atoms with E-state index in [0.29, 0.717) is 25.0 Å². The first-order valence-corrected chi connectivity index (χ1v) is 8.79. The van der Waals surface area contributed by atoms with Crippen LogP contribution >= 0.6 is 0 Å². The maximum Gasteiger partial charge on any atom is 0.224 e. The molecule has 1 aliphatic carbocycles. The molecule has 0 radical (unpaired) electrons. The minimum absolute atomic E-state index is 0.00895. The Morgan fingerprint density at radius 3 is 2.79 bits per heavy atom. The van der Waals surface area contributed by atoms with Crippen molar-refractivity contribution in [3.05, 3.63) is 11.8 Å². The third-order valence-electron chi connectivity index (χ3n) is 5.19. The molecule has 1 atom stereocenters. The van der Waals surface area contributed by atoms with E-state index in [4.69, 9.17) is 9.84 Å². The van der Waals surface area contributed by atoms with Crippen LogP contribution in [0.3, 0.4) is 0 Å². The van der Waals surface area contributed by atoms with Gasteiger partial charge in [0.25, 0.3) is 0 Å². The first-order chi connectivity index (χ1) is 11.7. The molecular weight excluding hydrogens is 308 g/mol. The van der Waals surface area contributed by atoms with E-state index in [2.05, 4.69) is 20.2 Å². The van der Waals surface area contributed by atoms with Crippen LogP contribution in [-0.2, 0) is 4.74 Å². The lowest BCUT2D eigenvalue weighted by atomic mass is 9.69.